The first-order valence-electron chi connectivity index (χ1n) is 12.2. The number of rotatable bonds is 12. The molecule has 14 heteroatoms. The summed E-state index contributed by atoms with van der Waals surface area (Å²) in [5.74, 6) is -1.61. The molecule has 4 rings (SSSR count). The average molecular weight is 530 g/mol. The molecule has 3 heterocycles. The number of nitrogens with one attached hydrogen (secondary N) is 1. The zero-order valence-electron chi connectivity index (χ0n) is 20.8. The predicted octanol–water partition coefficient (Wildman–Crippen LogP) is -0.517. The van der Waals surface area contributed by atoms with Gasteiger partial charge in [0.1, 0.15) is 42.8 Å². The molecule has 0 radical (unpaired) electrons. The standard InChI is InChI=1S/C24H31N7O7/c1-2-30(9-8-14-6-4-3-5-7-14)15(24(35)36)10-17(32)29-37-11-16-19(33)20(34)23(38-16)31-13-28-18-21(25)26-12-27-22(18)31/h3-7,12-13,15-16,19-20,23,33-34H,2,8-11H2,1H3,(H,29,32)(H,35,36)(H2,25,26,27)/t15?,16-,19-,20-,23-/m1/s1. The Hall–Kier alpha value is -3.69. The molecule has 5 atom stereocenters. The highest BCUT2D eigenvalue weighted by atomic mass is 16.7. The highest BCUT2D eigenvalue weighted by Gasteiger charge is 2.44. The van der Waals surface area contributed by atoms with Gasteiger partial charge in [-0.15, -0.1) is 0 Å². The number of aromatic nitrogens is 4. The molecular formula is C24H31N7O7. The van der Waals surface area contributed by atoms with Crippen LogP contribution in [-0.4, -0.2) is 95.7 Å². The molecule has 14 nitrogen and oxygen atoms in total. The molecule has 1 aliphatic heterocycles. The Balaban J connectivity index is 1.30. The summed E-state index contributed by atoms with van der Waals surface area (Å²) in [4.78, 5) is 43.4. The maximum absolute atomic E-state index is 12.5. The lowest BCUT2D eigenvalue weighted by Gasteiger charge is -2.27. The largest absolute Gasteiger partial charge is 0.480 e. The third-order valence-corrected chi connectivity index (χ3v) is 6.47. The Morgan fingerprint density at radius 2 is 1.97 bits per heavy atom. The lowest BCUT2D eigenvalue weighted by atomic mass is 10.1. The van der Waals surface area contributed by atoms with E-state index in [0.29, 0.717) is 30.7 Å². The average Bonchev–Trinajstić information content (AvgIpc) is 3.46. The molecule has 6 N–H and O–H groups in total. The van der Waals surface area contributed by atoms with Crippen LogP contribution in [0.3, 0.4) is 0 Å². The van der Waals surface area contributed by atoms with Gasteiger partial charge in [0.15, 0.2) is 17.7 Å². The number of ether oxygens (including phenoxy) is 1. The van der Waals surface area contributed by atoms with Crippen LogP contribution in [0.2, 0.25) is 0 Å². The molecule has 0 saturated carbocycles. The zero-order chi connectivity index (χ0) is 27.2. The summed E-state index contributed by atoms with van der Waals surface area (Å²) in [5.41, 5.74) is 9.71. The van der Waals surface area contributed by atoms with Crippen molar-refractivity contribution in [1.82, 2.24) is 29.9 Å². The van der Waals surface area contributed by atoms with Crippen molar-refractivity contribution in [2.45, 2.75) is 50.3 Å². The number of imidazole rings is 1. The van der Waals surface area contributed by atoms with Gasteiger partial charge in [-0.1, -0.05) is 37.3 Å². The number of carbonyl (C=O) groups is 2. The minimum absolute atomic E-state index is 0.158. The van der Waals surface area contributed by atoms with Crippen molar-refractivity contribution >= 4 is 28.9 Å². The Bertz CT molecular complexity index is 1240. The number of hydrogen-bond acceptors (Lipinski definition) is 11. The van der Waals surface area contributed by atoms with Crippen molar-refractivity contribution in [1.29, 1.82) is 0 Å². The Morgan fingerprint density at radius 3 is 2.68 bits per heavy atom. The number of amides is 1. The minimum atomic E-state index is -1.34. The van der Waals surface area contributed by atoms with E-state index in [2.05, 4.69) is 20.4 Å². The Morgan fingerprint density at radius 1 is 1.21 bits per heavy atom. The second-order valence-corrected chi connectivity index (χ2v) is 8.89. The minimum Gasteiger partial charge on any atom is -0.480 e. The third-order valence-electron chi connectivity index (χ3n) is 6.47. The molecule has 2 aromatic heterocycles. The molecule has 3 aromatic rings. The van der Waals surface area contributed by atoms with Crippen LogP contribution in [-0.2, 0) is 25.6 Å². The second kappa shape index (κ2) is 12.2. The van der Waals surface area contributed by atoms with Crippen molar-refractivity contribution in [3.05, 3.63) is 48.5 Å². The SMILES string of the molecule is CCN(CCc1ccccc1)C(CC(=O)NOC[C@H]1O[C@@H](n2cnc3c(N)ncnc32)[C@H](O)[C@@H]1O)C(=O)O. The van der Waals surface area contributed by atoms with E-state index in [4.69, 9.17) is 15.3 Å². The molecule has 0 spiro atoms. The highest BCUT2D eigenvalue weighted by Crippen LogP contribution is 2.32. The summed E-state index contributed by atoms with van der Waals surface area (Å²) >= 11 is 0. The normalized spacial score (nSPS) is 22.1. The molecule has 0 bridgehead atoms. The zero-order valence-corrected chi connectivity index (χ0v) is 20.8. The van der Waals surface area contributed by atoms with Crippen LogP contribution in [0, 0.1) is 0 Å². The first-order valence-corrected chi connectivity index (χ1v) is 12.2. The molecule has 1 aliphatic rings. The summed E-state index contributed by atoms with van der Waals surface area (Å²) < 4.78 is 7.17. The number of hydroxylamine groups is 1. The van der Waals surface area contributed by atoms with Gasteiger partial charge in [0, 0.05) is 6.54 Å². The number of anilines is 1. The number of carboxylic acids is 1. The van der Waals surface area contributed by atoms with Crippen LogP contribution in [0.4, 0.5) is 5.82 Å². The quantitative estimate of drug-likeness (QED) is 0.189. The van der Waals surface area contributed by atoms with E-state index in [-0.39, 0.29) is 18.8 Å². The summed E-state index contributed by atoms with van der Waals surface area (Å²) in [6.45, 7) is 2.44. The van der Waals surface area contributed by atoms with E-state index >= 15 is 0 Å². The fraction of sp³-hybridized carbons (Fsp3) is 0.458. The molecule has 1 fully saturated rings. The monoisotopic (exact) mass is 529 g/mol. The number of hydrogen-bond donors (Lipinski definition) is 5. The maximum Gasteiger partial charge on any atom is 0.321 e. The van der Waals surface area contributed by atoms with Crippen LogP contribution in [0.25, 0.3) is 11.2 Å². The number of benzene rings is 1. The second-order valence-electron chi connectivity index (χ2n) is 8.89. The van der Waals surface area contributed by atoms with Crippen LogP contribution in [0.15, 0.2) is 43.0 Å². The first-order chi connectivity index (χ1) is 18.3. The Kier molecular flexibility index (Phi) is 8.81. The number of carboxylic acid groups (broad SMARTS) is 1. The molecule has 204 valence electrons. The van der Waals surface area contributed by atoms with Gasteiger partial charge in [-0.25, -0.2) is 20.4 Å². The number of aliphatic hydroxyl groups excluding tert-OH is 2. The molecule has 1 unspecified atom stereocenters. The number of aliphatic hydroxyl groups is 2. The van der Waals surface area contributed by atoms with Gasteiger partial charge in [0.05, 0.1) is 12.7 Å². The van der Waals surface area contributed by atoms with Gasteiger partial charge in [-0.3, -0.25) is 23.9 Å². The summed E-state index contributed by atoms with van der Waals surface area (Å²) in [6.07, 6.45) is -1.80. The first kappa shape index (κ1) is 27.3. The lowest BCUT2D eigenvalue weighted by molar-refractivity contribution is -0.150. The van der Waals surface area contributed by atoms with Crippen LogP contribution < -0.4 is 11.2 Å². The van der Waals surface area contributed by atoms with E-state index in [1.165, 1.54) is 17.2 Å². The fourth-order valence-corrected chi connectivity index (χ4v) is 4.40. The molecule has 1 amide bonds. The van der Waals surface area contributed by atoms with E-state index in [1.54, 1.807) is 4.90 Å². The van der Waals surface area contributed by atoms with Crippen molar-refractivity contribution in [3.63, 3.8) is 0 Å². The van der Waals surface area contributed by atoms with E-state index in [1.807, 2.05) is 37.3 Å². The summed E-state index contributed by atoms with van der Waals surface area (Å²) in [7, 11) is 0. The number of fused-ring (bicyclic) bond motifs is 1. The lowest BCUT2D eigenvalue weighted by Crippen LogP contribution is -2.45. The predicted molar refractivity (Wildman–Crippen MR) is 133 cm³/mol. The number of carbonyl (C=O) groups excluding carboxylic acids is 1. The van der Waals surface area contributed by atoms with Gasteiger partial charge in [0.25, 0.3) is 0 Å². The van der Waals surface area contributed by atoms with E-state index < -0.39 is 42.5 Å². The van der Waals surface area contributed by atoms with Gasteiger partial charge >= 0.3 is 5.97 Å². The Labute approximate surface area is 218 Å². The molecular weight excluding hydrogens is 498 g/mol. The topological polar surface area (TPSA) is 198 Å². The molecule has 0 aliphatic carbocycles. The maximum atomic E-state index is 12.5. The van der Waals surface area contributed by atoms with Gasteiger partial charge in [-0.2, -0.15) is 0 Å². The molecule has 1 saturated heterocycles. The van der Waals surface area contributed by atoms with E-state index in [9.17, 15) is 24.9 Å². The van der Waals surface area contributed by atoms with Crippen LogP contribution in [0.1, 0.15) is 25.1 Å². The fourth-order valence-electron chi connectivity index (χ4n) is 4.40. The number of nitrogen functional groups attached to an aromatic ring is 1. The number of likely N-dealkylation sites (N-methyl/N-ethyl adjacent to an activating group) is 1. The number of nitrogens with zero attached hydrogens (tertiary/aromatic N) is 5. The summed E-state index contributed by atoms with van der Waals surface area (Å²) in [5, 5.41) is 30.7. The number of nitrogens with two attached hydrogens (primary N) is 1. The van der Waals surface area contributed by atoms with Gasteiger partial charge in [-0.05, 0) is 18.5 Å². The van der Waals surface area contributed by atoms with Crippen molar-refractivity contribution < 1.29 is 34.5 Å². The van der Waals surface area contributed by atoms with Crippen LogP contribution in [0.5, 0.6) is 0 Å². The van der Waals surface area contributed by atoms with Gasteiger partial charge < -0.3 is 25.8 Å². The summed E-state index contributed by atoms with van der Waals surface area (Å²) in [6, 6.07) is 8.62. The van der Waals surface area contributed by atoms with Crippen molar-refractivity contribution in [2.24, 2.45) is 0 Å². The van der Waals surface area contributed by atoms with Crippen molar-refractivity contribution in [3.8, 4) is 0 Å². The van der Waals surface area contributed by atoms with Crippen molar-refractivity contribution in [2.75, 3.05) is 25.4 Å². The smallest absolute Gasteiger partial charge is 0.321 e. The molecule has 38 heavy (non-hydrogen) atoms. The number of aliphatic carboxylic acids is 1. The van der Waals surface area contributed by atoms with Crippen LogP contribution >= 0.6 is 0 Å². The van der Waals surface area contributed by atoms with E-state index in [0.717, 1.165) is 5.56 Å². The molecule has 1 aromatic carbocycles. The third kappa shape index (κ3) is 6.06. The van der Waals surface area contributed by atoms with Gasteiger partial charge in [0.2, 0.25) is 5.91 Å². The highest BCUT2D eigenvalue weighted by molar-refractivity contribution is 5.84.